The second-order valence-corrected chi connectivity index (χ2v) is 6.77. The summed E-state index contributed by atoms with van der Waals surface area (Å²) < 4.78 is 28.1. The van der Waals surface area contributed by atoms with E-state index >= 15 is 0 Å². The van der Waals surface area contributed by atoms with Crippen LogP contribution < -0.4 is 4.74 Å². The Bertz CT molecular complexity index is 492. The minimum Gasteiger partial charge on any atom is -0.492 e. The molecule has 0 saturated heterocycles. The number of aliphatic hydroxyl groups excluding tert-OH is 1. The number of aryl methyl sites for hydroxylation is 1. The number of hydrogen-bond acceptors (Lipinski definition) is 4. The Morgan fingerprint density at radius 2 is 2.06 bits per heavy atom. The molecule has 1 rings (SSSR count). The Balaban J connectivity index is 2.73. The Morgan fingerprint density at radius 3 is 2.61 bits per heavy atom. The molecule has 0 saturated carbocycles. The number of benzene rings is 1. The minimum absolute atomic E-state index is 0.00335. The molecule has 1 atom stereocenters. The van der Waals surface area contributed by atoms with Gasteiger partial charge in [-0.05, 0) is 26.0 Å². The van der Waals surface area contributed by atoms with E-state index in [2.05, 4.69) is 0 Å². The van der Waals surface area contributed by atoms with Crippen molar-refractivity contribution in [2.75, 3.05) is 18.1 Å². The first kappa shape index (κ1) is 15.0. The van der Waals surface area contributed by atoms with E-state index in [1.165, 1.54) is 0 Å². The van der Waals surface area contributed by atoms with Gasteiger partial charge in [-0.3, -0.25) is 0 Å². The molecule has 18 heavy (non-hydrogen) atoms. The predicted molar refractivity (Wildman–Crippen MR) is 71.6 cm³/mol. The SMILES string of the molecule is CCS(=O)(=O)CCOc1ccc(C)cc1C(C)O. The molecule has 1 aromatic rings. The molecule has 4 nitrogen and oxygen atoms in total. The largest absolute Gasteiger partial charge is 0.492 e. The van der Waals surface area contributed by atoms with E-state index in [0.717, 1.165) is 5.56 Å². The standard InChI is InChI=1S/C13H20O4S/c1-4-18(15,16)8-7-17-13-6-5-10(2)9-12(13)11(3)14/h5-6,9,11,14H,4,7-8H2,1-3H3. The van der Waals surface area contributed by atoms with Crippen LogP contribution in [0.5, 0.6) is 5.75 Å². The van der Waals surface area contributed by atoms with Crippen LogP contribution in [0.15, 0.2) is 18.2 Å². The summed E-state index contributed by atoms with van der Waals surface area (Å²) in [6.45, 7) is 5.31. The highest BCUT2D eigenvalue weighted by Crippen LogP contribution is 2.26. The highest BCUT2D eigenvalue weighted by molar-refractivity contribution is 7.91. The first-order valence-electron chi connectivity index (χ1n) is 5.97. The smallest absolute Gasteiger partial charge is 0.153 e. The molecule has 0 aliphatic rings. The molecule has 0 spiro atoms. The first-order valence-corrected chi connectivity index (χ1v) is 7.79. The quantitative estimate of drug-likeness (QED) is 0.858. The fourth-order valence-electron chi connectivity index (χ4n) is 1.55. The zero-order chi connectivity index (χ0) is 13.8. The van der Waals surface area contributed by atoms with Crippen LogP contribution >= 0.6 is 0 Å². The van der Waals surface area contributed by atoms with E-state index in [-0.39, 0.29) is 18.1 Å². The van der Waals surface area contributed by atoms with E-state index in [1.807, 2.05) is 19.1 Å². The summed E-state index contributed by atoms with van der Waals surface area (Å²) in [5.41, 5.74) is 1.71. The van der Waals surface area contributed by atoms with Gasteiger partial charge in [-0.1, -0.05) is 18.6 Å². The molecule has 5 heteroatoms. The van der Waals surface area contributed by atoms with Crippen molar-refractivity contribution in [2.24, 2.45) is 0 Å². The molecule has 0 fully saturated rings. The zero-order valence-corrected chi connectivity index (χ0v) is 11.8. The normalized spacial score (nSPS) is 13.3. The van der Waals surface area contributed by atoms with Gasteiger partial charge >= 0.3 is 0 Å². The molecule has 102 valence electrons. The van der Waals surface area contributed by atoms with Gasteiger partial charge in [0.2, 0.25) is 0 Å². The molecule has 0 bridgehead atoms. The van der Waals surface area contributed by atoms with Gasteiger partial charge in [0.25, 0.3) is 0 Å². The van der Waals surface area contributed by atoms with Gasteiger partial charge in [0.15, 0.2) is 9.84 Å². The maximum atomic E-state index is 11.3. The highest BCUT2D eigenvalue weighted by atomic mass is 32.2. The topological polar surface area (TPSA) is 63.6 Å². The average molecular weight is 272 g/mol. The van der Waals surface area contributed by atoms with E-state index in [1.54, 1.807) is 19.9 Å². The van der Waals surface area contributed by atoms with Gasteiger partial charge in [-0.25, -0.2) is 8.42 Å². The molecule has 0 aromatic heterocycles. The molecular formula is C13H20O4S. The van der Waals surface area contributed by atoms with Crippen molar-refractivity contribution in [3.8, 4) is 5.75 Å². The van der Waals surface area contributed by atoms with Crippen molar-refractivity contribution in [1.29, 1.82) is 0 Å². The minimum atomic E-state index is -3.02. The summed E-state index contributed by atoms with van der Waals surface area (Å²) >= 11 is 0. The molecule has 0 aliphatic heterocycles. The third-order valence-electron chi connectivity index (χ3n) is 2.71. The van der Waals surface area contributed by atoms with Crippen LogP contribution in [0.1, 0.15) is 31.1 Å². The van der Waals surface area contributed by atoms with Crippen LogP contribution in [0.4, 0.5) is 0 Å². The molecule has 0 radical (unpaired) electrons. The molecule has 0 heterocycles. The summed E-state index contributed by atoms with van der Waals surface area (Å²) in [4.78, 5) is 0. The molecule has 1 N–H and O–H groups in total. The Hall–Kier alpha value is -1.07. The first-order chi connectivity index (χ1) is 8.35. The third-order valence-corrected chi connectivity index (χ3v) is 4.38. The maximum Gasteiger partial charge on any atom is 0.153 e. The van der Waals surface area contributed by atoms with Gasteiger partial charge in [0.05, 0.1) is 11.9 Å². The number of hydrogen-bond donors (Lipinski definition) is 1. The Kier molecular flexibility index (Phi) is 5.16. The van der Waals surface area contributed by atoms with Crippen molar-refractivity contribution < 1.29 is 18.3 Å². The molecular weight excluding hydrogens is 252 g/mol. The van der Waals surface area contributed by atoms with Crippen molar-refractivity contribution in [2.45, 2.75) is 26.9 Å². The molecule has 1 aromatic carbocycles. The summed E-state index contributed by atoms with van der Waals surface area (Å²) in [5.74, 6) is 0.659. The van der Waals surface area contributed by atoms with Gasteiger partial charge in [-0.2, -0.15) is 0 Å². The van der Waals surface area contributed by atoms with Gasteiger partial charge in [0, 0.05) is 11.3 Å². The fourth-order valence-corrected chi connectivity index (χ4v) is 2.17. The van der Waals surface area contributed by atoms with E-state index in [4.69, 9.17) is 4.74 Å². The second kappa shape index (κ2) is 6.20. The monoisotopic (exact) mass is 272 g/mol. The van der Waals surface area contributed by atoms with Crippen LogP contribution in [0, 0.1) is 6.92 Å². The lowest BCUT2D eigenvalue weighted by atomic mass is 10.1. The number of sulfone groups is 1. The second-order valence-electron chi connectivity index (χ2n) is 4.30. The Morgan fingerprint density at radius 1 is 1.39 bits per heavy atom. The van der Waals surface area contributed by atoms with Crippen LogP contribution in [-0.4, -0.2) is 31.6 Å². The van der Waals surface area contributed by atoms with Gasteiger partial charge < -0.3 is 9.84 Å². The number of ether oxygens (including phenoxy) is 1. The van der Waals surface area contributed by atoms with Crippen molar-refractivity contribution in [3.63, 3.8) is 0 Å². The predicted octanol–water partition coefficient (Wildman–Crippen LogP) is 1.86. The summed E-state index contributed by atoms with van der Waals surface area (Å²) in [7, 11) is -3.02. The van der Waals surface area contributed by atoms with Crippen molar-refractivity contribution >= 4 is 9.84 Å². The van der Waals surface area contributed by atoms with Crippen LogP contribution in [0.3, 0.4) is 0 Å². The highest BCUT2D eigenvalue weighted by Gasteiger charge is 2.11. The Labute approximate surface area is 109 Å². The van der Waals surface area contributed by atoms with Gasteiger partial charge in [-0.15, -0.1) is 0 Å². The zero-order valence-electron chi connectivity index (χ0n) is 11.0. The number of rotatable bonds is 6. The maximum absolute atomic E-state index is 11.3. The average Bonchev–Trinajstić information content (AvgIpc) is 2.30. The summed E-state index contributed by atoms with van der Waals surface area (Å²) in [5, 5.41) is 9.64. The van der Waals surface area contributed by atoms with Crippen LogP contribution in [0.2, 0.25) is 0 Å². The molecule has 1 unspecified atom stereocenters. The van der Waals surface area contributed by atoms with Crippen LogP contribution in [-0.2, 0) is 9.84 Å². The van der Waals surface area contributed by atoms with E-state index in [9.17, 15) is 13.5 Å². The summed E-state index contributed by atoms with van der Waals surface area (Å²) in [6, 6.07) is 5.47. The van der Waals surface area contributed by atoms with Crippen molar-refractivity contribution in [1.82, 2.24) is 0 Å². The molecule has 0 aliphatic carbocycles. The summed E-state index contributed by atoms with van der Waals surface area (Å²) in [6.07, 6.45) is -0.636. The van der Waals surface area contributed by atoms with Gasteiger partial charge in [0.1, 0.15) is 12.4 Å². The van der Waals surface area contributed by atoms with Crippen LogP contribution in [0.25, 0.3) is 0 Å². The lowest BCUT2D eigenvalue weighted by Gasteiger charge is -2.14. The lowest BCUT2D eigenvalue weighted by molar-refractivity contribution is 0.192. The fraction of sp³-hybridized carbons (Fsp3) is 0.538. The third kappa shape index (κ3) is 4.31. The van der Waals surface area contributed by atoms with Crippen molar-refractivity contribution in [3.05, 3.63) is 29.3 Å². The lowest BCUT2D eigenvalue weighted by Crippen LogP contribution is -2.16. The van der Waals surface area contributed by atoms with E-state index in [0.29, 0.717) is 11.3 Å². The van der Waals surface area contributed by atoms with E-state index < -0.39 is 15.9 Å². The molecule has 0 amide bonds. The number of aliphatic hydroxyl groups is 1.